The molecule has 7 nitrogen and oxygen atoms in total. The van der Waals surface area contributed by atoms with Gasteiger partial charge in [0.1, 0.15) is 18.2 Å². The van der Waals surface area contributed by atoms with E-state index in [4.69, 9.17) is 4.74 Å². The Labute approximate surface area is 116 Å². The van der Waals surface area contributed by atoms with Gasteiger partial charge in [0, 0.05) is 13.6 Å². The van der Waals surface area contributed by atoms with Gasteiger partial charge in [0.2, 0.25) is 0 Å². The van der Waals surface area contributed by atoms with Gasteiger partial charge in [0.25, 0.3) is 0 Å². The van der Waals surface area contributed by atoms with Crippen molar-refractivity contribution >= 4 is 22.8 Å². The smallest absolute Gasteiger partial charge is 0.328 e. The Balaban J connectivity index is 2.05. The van der Waals surface area contributed by atoms with Gasteiger partial charge in [-0.1, -0.05) is 0 Å². The summed E-state index contributed by atoms with van der Waals surface area (Å²) < 4.78 is 6.62. The second-order valence-electron chi connectivity index (χ2n) is 4.93. The van der Waals surface area contributed by atoms with Crippen molar-refractivity contribution in [1.82, 2.24) is 19.7 Å². The molecular formula is C13H17N5O2. The van der Waals surface area contributed by atoms with E-state index >= 15 is 0 Å². The van der Waals surface area contributed by atoms with Crippen molar-refractivity contribution in [2.75, 3.05) is 18.6 Å². The summed E-state index contributed by atoms with van der Waals surface area (Å²) in [6.45, 7) is 0.792. The maximum atomic E-state index is 12.0. The molecule has 20 heavy (non-hydrogen) atoms. The van der Waals surface area contributed by atoms with E-state index in [1.165, 1.54) is 13.4 Å². The van der Waals surface area contributed by atoms with Gasteiger partial charge in [0.15, 0.2) is 5.65 Å². The summed E-state index contributed by atoms with van der Waals surface area (Å²) in [5.41, 5.74) is 0.768. The quantitative estimate of drug-likeness (QED) is 0.758. The Bertz CT molecular complexity index is 639. The highest BCUT2D eigenvalue weighted by molar-refractivity contribution is 5.89. The Morgan fingerprint density at radius 1 is 1.40 bits per heavy atom. The molecule has 106 valence electrons. The lowest BCUT2D eigenvalue weighted by Gasteiger charge is -2.34. The normalized spacial score (nSPS) is 19.3. The van der Waals surface area contributed by atoms with Gasteiger partial charge in [-0.25, -0.2) is 14.8 Å². The third-order valence-corrected chi connectivity index (χ3v) is 3.76. The Hall–Kier alpha value is -2.18. The van der Waals surface area contributed by atoms with Crippen LogP contribution in [0.1, 0.15) is 19.3 Å². The summed E-state index contributed by atoms with van der Waals surface area (Å²) >= 11 is 0. The summed E-state index contributed by atoms with van der Waals surface area (Å²) in [5.74, 6) is 0.554. The third-order valence-electron chi connectivity index (χ3n) is 3.76. The second kappa shape index (κ2) is 5.07. The van der Waals surface area contributed by atoms with E-state index in [2.05, 4.69) is 15.1 Å². The first-order valence-electron chi connectivity index (χ1n) is 6.69. The van der Waals surface area contributed by atoms with Crippen LogP contribution in [0.2, 0.25) is 0 Å². The van der Waals surface area contributed by atoms with Crippen LogP contribution in [0.5, 0.6) is 0 Å². The molecule has 1 atom stereocenters. The first kappa shape index (κ1) is 12.8. The zero-order valence-electron chi connectivity index (χ0n) is 11.6. The Morgan fingerprint density at radius 3 is 3.05 bits per heavy atom. The van der Waals surface area contributed by atoms with Crippen LogP contribution in [0.25, 0.3) is 11.0 Å². The van der Waals surface area contributed by atoms with Gasteiger partial charge < -0.3 is 9.64 Å². The number of aryl methyl sites for hydroxylation is 1. The molecule has 0 aliphatic carbocycles. The minimum Gasteiger partial charge on any atom is -0.467 e. The molecular weight excluding hydrogens is 258 g/mol. The number of methoxy groups -OCH3 is 1. The number of carbonyl (C=O) groups is 1. The number of esters is 1. The topological polar surface area (TPSA) is 73.1 Å². The van der Waals surface area contributed by atoms with Crippen LogP contribution in [0.3, 0.4) is 0 Å². The zero-order chi connectivity index (χ0) is 14.1. The number of nitrogens with zero attached hydrogens (tertiary/aromatic N) is 5. The fourth-order valence-electron chi connectivity index (χ4n) is 2.74. The molecule has 3 rings (SSSR count). The van der Waals surface area contributed by atoms with Crippen molar-refractivity contribution in [3.05, 3.63) is 12.5 Å². The molecule has 2 aromatic heterocycles. The SMILES string of the molecule is COC(=O)C1CCCCN1c1ncnc2c1cnn2C. The highest BCUT2D eigenvalue weighted by Crippen LogP contribution is 2.28. The van der Waals surface area contributed by atoms with Crippen molar-refractivity contribution in [1.29, 1.82) is 0 Å². The number of piperidine rings is 1. The number of fused-ring (bicyclic) bond motifs is 1. The molecule has 0 bridgehead atoms. The number of carbonyl (C=O) groups excluding carboxylic acids is 1. The number of ether oxygens (including phenoxy) is 1. The molecule has 0 N–H and O–H groups in total. The van der Waals surface area contributed by atoms with Crippen molar-refractivity contribution < 1.29 is 9.53 Å². The number of hydrogen-bond donors (Lipinski definition) is 0. The minimum absolute atomic E-state index is 0.208. The second-order valence-corrected chi connectivity index (χ2v) is 4.93. The summed E-state index contributed by atoms with van der Waals surface area (Å²) in [5, 5.41) is 5.08. The van der Waals surface area contributed by atoms with Gasteiger partial charge in [-0.05, 0) is 19.3 Å². The molecule has 1 unspecified atom stereocenters. The monoisotopic (exact) mass is 275 g/mol. The molecule has 2 aromatic rings. The molecule has 1 fully saturated rings. The van der Waals surface area contributed by atoms with Crippen LogP contribution in [0, 0.1) is 0 Å². The first-order valence-corrected chi connectivity index (χ1v) is 6.69. The van der Waals surface area contributed by atoms with Crippen molar-refractivity contribution in [3.63, 3.8) is 0 Å². The highest BCUT2D eigenvalue weighted by atomic mass is 16.5. The van der Waals surface area contributed by atoms with Crippen molar-refractivity contribution in [3.8, 4) is 0 Å². The van der Waals surface area contributed by atoms with Crippen molar-refractivity contribution in [2.45, 2.75) is 25.3 Å². The van der Waals surface area contributed by atoms with E-state index < -0.39 is 0 Å². The maximum Gasteiger partial charge on any atom is 0.328 e. The minimum atomic E-state index is -0.271. The predicted octanol–water partition coefficient (Wildman–Crippen LogP) is 0.895. The molecule has 1 aliphatic heterocycles. The van der Waals surface area contributed by atoms with Gasteiger partial charge in [0.05, 0.1) is 18.7 Å². The van der Waals surface area contributed by atoms with Gasteiger partial charge in [-0.15, -0.1) is 0 Å². The van der Waals surface area contributed by atoms with E-state index in [0.29, 0.717) is 0 Å². The van der Waals surface area contributed by atoms with Crippen LogP contribution in [0.15, 0.2) is 12.5 Å². The summed E-state index contributed by atoms with van der Waals surface area (Å²) in [7, 11) is 3.27. The van der Waals surface area contributed by atoms with E-state index in [0.717, 1.165) is 42.7 Å². The largest absolute Gasteiger partial charge is 0.467 e. The Kier molecular flexibility index (Phi) is 3.25. The molecule has 3 heterocycles. The molecule has 0 spiro atoms. The van der Waals surface area contributed by atoms with Crippen LogP contribution < -0.4 is 4.90 Å². The number of hydrogen-bond acceptors (Lipinski definition) is 6. The molecule has 1 aliphatic rings. The molecule has 0 saturated carbocycles. The van der Waals surface area contributed by atoms with Crippen molar-refractivity contribution in [2.24, 2.45) is 7.05 Å². The van der Waals surface area contributed by atoms with Crippen LogP contribution in [0.4, 0.5) is 5.82 Å². The summed E-state index contributed by atoms with van der Waals surface area (Å²) in [6, 6.07) is -0.271. The van der Waals surface area contributed by atoms with E-state index in [-0.39, 0.29) is 12.0 Å². The summed E-state index contributed by atoms with van der Waals surface area (Å²) in [4.78, 5) is 22.6. The molecule has 0 aromatic carbocycles. The standard InChI is InChI=1S/C13H17N5O2/c1-17-11-9(7-16-17)12(15-8-14-11)18-6-4-3-5-10(18)13(19)20-2/h7-8,10H,3-6H2,1-2H3. The van der Waals surface area contributed by atoms with Gasteiger partial charge >= 0.3 is 5.97 Å². The number of anilines is 1. The van der Waals surface area contributed by atoms with Crippen LogP contribution >= 0.6 is 0 Å². The van der Waals surface area contributed by atoms with Gasteiger partial charge in [-0.3, -0.25) is 4.68 Å². The maximum absolute atomic E-state index is 12.0. The molecule has 0 amide bonds. The van der Waals surface area contributed by atoms with E-state index in [9.17, 15) is 4.79 Å². The lowest BCUT2D eigenvalue weighted by atomic mass is 10.0. The lowest BCUT2D eigenvalue weighted by Crippen LogP contribution is -2.45. The lowest BCUT2D eigenvalue weighted by molar-refractivity contribution is -0.142. The Morgan fingerprint density at radius 2 is 2.25 bits per heavy atom. The fourth-order valence-corrected chi connectivity index (χ4v) is 2.74. The highest BCUT2D eigenvalue weighted by Gasteiger charge is 2.31. The average molecular weight is 275 g/mol. The molecule has 0 radical (unpaired) electrons. The fraction of sp³-hybridized carbons (Fsp3) is 0.538. The third kappa shape index (κ3) is 1.99. The number of rotatable bonds is 2. The van der Waals surface area contributed by atoms with Gasteiger partial charge in [-0.2, -0.15) is 5.10 Å². The van der Waals surface area contributed by atoms with E-state index in [1.54, 1.807) is 10.9 Å². The first-order chi connectivity index (χ1) is 9.72. The van der Waals surface area contributed by atoms with Crippen LogP contribution in [-0.4, -0.2) is 45.4 Å². The van der Waals surface area contributed by atoms with E-state index in [1.807, 2.05) is 11.9 Å². The molecule has 7 heteroatoms. The van der Waals surface area contributed by atoms with Crippen LogP contribution in [-0.2, 0) is 16.6 Å². The number of aromatic nitrogens is 4. The summed E-state index contributed by atoms with van der Waals surface area (Å²) in [6.07, 6.45) is 6.12. The average Bonchev–Trinajstić information content (AvgIpc) is 2.88. The predicted molar refractivity (Wildman–Crippen MR) is 73.3 cm³/mol. The molecule has 1 saturated heterocycles. The zero-order valence-corrected chi connectivity index (χ0v) is 11.6.